The number of cyclic esters (lactones) is 1. The molecule has 0 saturated heterocycles. The lowest BCUT2D eigenvalue weighted by Gasteiger charge is -2.31. The summed E-state index contributed by atoms with van der Waals surface area (Å²) in [6.07, 6.45) is 0. The third-order valence-corrected chi connectivity index (χ3v) is 6.90. The number of nitrogens with zero attached hydrogens (tertiary/aromatic N) is 1. The largest absolute Gasteiger partial charge is 0.457 e. The molecule has 0 spiro atoms. The molecule has 0 atom stereocenters. The summed E-state index contributed by atoms with van der Waals surface area (Å²) in [4.78, 5) is 14.1. The van der Waals surface area contributed by atoms with Crippen molar-refractivity contribution in [1.29, 1.82) is 0 Å². The maximum absolute atomic E-state index is 14.8. The van der Waals surface area contributed by atoms with Crippen LogP contribution in [0.3, 0.4) is 0 Å². The Morgan fingerprint density at radius 3 is 1.79 bits per heavy atom. The average molecular weight is 504 g/mol. The number of ether oxygens (including phenoxy) is 2. The van der Waals surface area contributed by atoms with Crippen LogP contribution in [0, 0.1) is 11.6 Å². The van der Waals surface area contributed by atoms with Gasteiger partial charge in [-0.3, -0.25) is 0 Å². The van der Waals surface area contributed by atoms with E-state index >= 15 is 0 Å². The summed E-state index contributed by atoms with van der Waals surface area (Å²) in [5.74, 6) is -0.0805. The number of hydrogen-bond acceptors (Lipinski definition) is 4. The number of para-hydroxylation sites is 2. The number of carbonyl (C=O) groups is 1. The number of hydrogen-bond donors (Lipinski definition) is 0. The highest BCUT2D eigenvalue weighted by Crippen LogP contribution is 2.50. The van der Waals surface area contributed by atoms with Crippen molar-refractivity contribution < 1.29 is 23.0 Å². The van der Waals surface area contributed by atoms with Gasteiger partial charge in [-0.2, -0.15) is 0 Å². The molecule has 0 amide bonds. The summed E-state index contributed by atoms with van der Waals surface area (Å²) in [5.41, 5.74) is 5.92. The lowest BCUT2D eigenvalue weighted by molar-refractivity contribution is 0.0535. The molecule has 2 aliphatic rings. The SMILES string of the molecule is O=C1OCc2cc(N3c4ccc(F)cc4-c4ccccc4Oc4ccccc4-c4cc(F)ccc43)ccc21. The first-order valence-corrected chi connectivity index (χ1v) is 12.1. The number of rotatable bonds is 1. The van der Waals surface area contributed by atoms with Gasteiger partial charge in [0.25, 0.3) is 0 Å². The Balaban J connectivity index is 1.60. The highest BCUT2D eigenvalue weighted by molar-refractivity contribution is 5.98. The van der Waals surface area contributed by atoms with Crippen molar-refractivity contribution in [3.05, 3.63) is 126 Å². The molecule has 0 aromatic heterocycles. The molecule has 184 valence electrons. The number of anilines is 3. The number of esters is 1. The molecule has 0 aliphatic carbocycles. The first kappa shape index (κ1) is 22.2. The fourth-order valence-electron chi connectivity index (χ4n) is 5.18. The van der Waals surface area contributed by atoms with Crippen LogP contribution in [0.25, 0.3) is 22.3 Å². The smallest absolute Gasteiger partial charge is 0.338 e. The lowest BCUT2D eigenvalue weighted by atomic mass is 9.96. The normalized spacial score (nSPS) is 13.3. The van der Waals surface area contributed by atoms with Gasteiger partial charge in [0.05, 0.1) is 16.9 Å². The predicted molar refractivity (Wildman–Crippen MR) is 141 cm³/mol. The van der Waals surface area contributed by atoms with Crippen LogP contribution < -0.4 is 9.64 Å². The summed E-state index contributed by atoms with van der Waals surface area (Å²) in [6.45, 7) is 0.169. The second kappa shape index (κ2) is 8.56. The quantitative estimate of drug-likeness (QED) is 0.211. The van der Waals surface area contributed by atoms with Crippen molar-refractivity contribution in [3.8, 4) is 33.8 Å². The Bertz CT molecular complexity index is 1670. The van der Waals surface area contributed by atoms with E-state index in [4.69, 9.17) is 9.47 Å². The molecule has 6 heteroatoms. The molecule has 2 aliphatic heterocycles. The molecular formula is C32H19F2NO3. The highest BCUT2D eigenvalue weighted by Gasteiger charge is 2.28. The van der Waals surface area contributed by atoms with E-state index in [0.29, 0.717) is 50.7 Å². The molecule has 5 aromatic rings. The molecule has 38 heavy (non-hydrogen) atoms. The summed E-state index contributed by atoms with van der Waals surface area (Å²) < 4.78 is 41.2. The molecule has 7 rings (SSSR count). The van der Waals surface area contributed by atoms with Crippen LogP contribution in [-0.2, 0) is 11.3 Å². The molecular weight excluding hydrogens is 484 g/mol. The second-order valence-corrected chi connectivity index (χ2v) is 9.17. The zero-order chi connectivity index (χ0) is 25.8. The number of fused-ring (bicyclic) bond motifs is 7. The predicted octanol–water partition coefficient (Wildman–Crippen LogP) is 8.54. The molecule has 0 unspecified atom stereocenters. The van der Waals surface area contributed by atoms with E-state index in [9.17, 15) is 13.6 Å². The minimum Gasteiger partial charge on any atom is -0.457 e. The molecule has 0 bridgehead atoms. The van der Waals surface area contributed by atoms with Crippen molar-refractivity contribution in [1.82, 2.24) is 0 Å². The van der Waals surface area contributed by atoms with Crippen molar-refractivity contribution in [3.63, 3.8) is 0 Å². The lowest BCUT2D eigenvalue weighted by Crippen LogP contribution is -2.14. The van der Waals surface area contributed by atoms with Gasteiger partial charge < -0.3 is 14.4 Å². The number of halogens is 2. The third-order valence-electron chi connectivity index (χ3n) is 6.90. The fourth-order valence-corrected chi connectivity index (χ4v) is 5.18. The van der Waals surface area contributed by atoms with E-state index in [0.717, 1.165) is 11.3 Å². The summed E-state index contributed by atoms with van der Waals surface area (Å²) >= 11 is 0. The monoisotopic (exact) mass is 503 g/mol. The Labute approximate surface area is 217 Å². The maximum atomic E-state index is 14.8. The average Bonchev–Trinajstić information content (AvgIpc) is 3.30. The maximum Gasteiger partial charge on any atom is 0.338 e. The first-order valence-electron chi connectivity index (χ1n) is 12.1. The van der Waals surface area contributed by atoms with E-state index in [1.807, 2.05) is 65.6 Å². The van der Waals surface area contributed by atoms with Crippen LogP contribution in [0.5, 0.6) is 11.5 Å². The summed E-state index contributed by atoms with van der Waals surface area (Å²) in [6, 6.07) is 29.5. The zero-order valence-corrected chi connectivity index (χ0v) is 19.9. The van der Waals surface area contributed by atoms with Gasteiger partial charge in [0.1, 0.15) is 29.7 Å². The fraction of sp³-hybridized carbons (Fsp3) is 0.0312. The van der Waals surface area contributed by atoms with Crippen molar-refractivity contribution in [2.45, 2.75) is 6.61 Å². The highest BCUT2D eigenvalue weighted by atomic mass is 19.1. The van der Waals surface area contributed by atoms with Gasteiger partial charge in [0, 0.05) is 33.5 Å². The molecule has 5 aromatic carbocycles. The number of carbonyl (C=O) groups excluding carboxylic acids is 1. The van der Waals surface area contributed by atoms with Crippen LogP contribution in [0.1, 0.15) is 15.9 Å². The van der Waals surface area contributed by atoms with Crippen molar-refractivity contribution in [2.75, 3.05) is 4.90 Å². The van der Waals surface area contributed by atoms with E-state index in [2.05, 4.69) is 0 Å². The Hall–Kier alpha value is -4.97. The van der Waals surface area contributed by atoms with E-state index < -0.39 is 11.6 Å². The summed E-state index contributed by atoms with van der Waals surface area (Å²) in [5, 5.41) is 0. The molecule has 0 saturated carbocycles. The molecule has 4 nitrogen and oxygen atoms in total. The van der Waals surface area contributed by atoms with Gasteiger partial charge in [0.15, 0.2) is 0 Å². The van der Waals surface area contributed by atoms with Gasteiger partial charge in [-0.15, -0.1) is 0 Å². The standard InChI is InChI=1S/C32H19F2NO3/c33-20-9-13-28-26(16-20)24-5-1-3-7-30(24)38-31-8-4-2-6-25(31)27-17-21(34)10-14-29(27)35(28)22-11-12-23-19(15-22)18-37-32(23)36/h1-17H,18H2. The van der Waals surface area contributed by atoms with E-state index in [-0.39, 0.29) is 12.6 Å². The van der Waals surface area contributed by atoms with Crippen LogP contribution in [-0.4, -0.2) is 5.97 Å². The minimum absolute atomic E-state index is 0.169. The molecule has 0 radical (unpaired) electrons. The van der Waals surface area contributed by atoms with Crippen molar-refractivity contribution >= 4 is 23.0 Å². The zero-order valence-electron chi connectivity index (χ0n) is 19.9. The Morgan fingerprint density at radius 1 is 0.605 bits per heavy atom. The van der Waals surface area contributed by atoms with Crippen LogP contribution >= 0.6 is 0 Å². The number of benzene rings is 5. The van der Waals surface area contributed by atoms with E-state index in [1.165, 1.54) is 24.3 Å². The van der Waals surface area contributed by atoms with Gasteiger partial charge in [-0.25, -0.2) is 13.6 Å². The minimum atomic E-state index is -0.400. The molecule has 0 fully saturated rings. The van der Waals surface area contributed by atoms with Gasteiger partial charge in [-0.1, -0.05) is 36.4 Å². The van der Waals surface area contributed by atoms with Gasteiger partial charge in [-0.05, 0) is 66.7 Å². The second-order valence-electron chi connectivity index (χ2n) is 9.17. The van der Waals surface area contributed by atoms with Crippen LogP contribution in [0.2, 0.25) is 0 Å². The van der Waals surface area contributed by atoms with Crippen molar-refractivity contribution in [2.24, 2.45) is 0 Å². The Morgan fingerprint density at radius 2 is 1.18 bits per heavy atom. The van der Waals surface area contributed by atoms with Gasteiger partial charge in [0.2, 0.25) is 0 Å². The topological polar surface area (TPSA) is 38.8 Å². The van der Waals surface area contributed by atoms with E-state index in [1.54, 1.807) is 18.2 Å². The van der Waals surface area contributed by atoms with Crippen LogP contribution in [0.4, 0.5) is 25.8 Å². The molecule has 0 N–H and O–H groups in total. The van der Waals surface area contributed by atoms with Crippen LogP contribution in [0.15, 0.2) is 103 Å². The molecule has 2 heterocycles. The summed E-state index contributed by atoms with van der Waals surface area (Å²) in [7, 11) is 0. The third kappa shape index (κ3) is 3.53. The Kier molecular flexibility index (Phi) is 5.01. The van der Waals surface area contributed by atoms with Gasteiger partial charge >= 0.3 is 5.97 Å². The first-order chi connectivity index (χ1) is 18.6.